The molecule has 5 fully saturated rings. The molecule has 6 rings (SSSR count). The van der Waals surface area contributed by atoms with Gasteiger partial charge in [-0.1, -0.05) is 11.6 Å². The van der Waals surface area contributed by atoms with Gasteiger partial charge in [-0.2, -0.15) is 0 Å². The number of rotatable bonds is 2. The molecule has 0 spiro atoms. The standard InChI is InChI=1S/C21H27ClN2O2/c22-17-1-2-19(25)18(10-17)23-3-5-24(6-4-23)20(26)21-11-14-7-15(12-21)9-16(8-14)13-21/h1-2,10,14-16,25H,3-9,11-13H2. The molecule has 4 saturated carbocycles. The number of phenolic OH excluding ortho intramolecular Hbond substituents is 1. The molecule has 1 aromatic carbocycles. The molecular formula is C21H27ClN2O2. The summed E-state index contributed by atoms with van der Waals surface area (Å²) in [6.45, 7) is 3.00. The minimum Gasteiger partial charge on any atom is -0.506 e. The Morgan fingerprint density at radius 3 is 2.15 bits per heavy atom. The summed E-state index contributed by atoms with van der Waals surface area (Å²) >= 11 is 6.09. The largest absolute Gasteiger partial charge is 0.506 e. The summed E-state index contributed by atoms with van der Waals surface area (Å²) in [7, 11) is 0. The molecule has 0 unspecified atom stereocenters. The SMILES string of the molecule is O=C(N1CCN(c2cc(Cl)ccc2O)CC1)C12CC3CC(CC(C3)C1)C2. The van der Waals surface area contributed by atoms with Crippen LogP contribution in [0, 0.1) is 23.2 Å². The fourth-order valence-corrected chi connectivity index (χ4v) is 6.77. The number of hydrogen-bond donors (Lipinski definition) is 1. The predicted molar refractivity (Wildman–Crippen MR) is 103 cm³/mol. The number of hydrogen-bond acceptors (Lipinski definition) is 3. The summed E-state index contributed by atoms with van der Waals surface area (Å²) in [6.07, 6.45) is 7.50. The van der Waals surface area contributed by atoms with Crippen LogP contribution in [0.3, 0.4) is 0 Å². The number of amides is 1. The molecule has 1 N–H and O–H groups in total. The fourth-order valence-electron chi connectivity index (χ4n) is 6.61. The summed E-state index contributed by atoms with van der Waals surface area (Å²) in [5, 5.41) is 10.8. The van der Waals surface area contributed by atoms with Crippen molar-refractivity contribution >= 4 is 23.2 Å². The van der Waals surface area contributed by atoms with E-state index in [0.717, 1.165) is 68.9 Å². The molecule has 1 aromatic rings. The van der Waals surface area contributed by atoms with E-state index >= 15 is 0 Å². The van der Waals surface area contributed by atoms with Gasteiger partial charge in [-0.05, 0) is 74.5 Å². The zero-order valence-electron chi connectivity index (χ0n) is 15.2. The quantitative estimate of drug-likeness (QED) is 0.853. The Balaban J connectivity index is 1.28. The Morgan fingerprint density at radius 1 is 1.00 bits per heavy atom. The van der Waals surface area contributed by atoms with E-state index in [2.05, 4.69) is 9.80 Å². The Hall–Kier alpha value is -1.42. The molecule has 4 bridgehead atoms. The van der Waals surface area contributed by atoms with Gasteiger partial charge in [0.15, 0.2) is 0 Å². The van der Waals surface area contributed by atoms with Gasteiger partial charge in [-0.3, -0.25) is 4.79 Å². The van der Waals surface area contributed by atoms with Crippen LogP contribution >= 0.6 is 11.6 Å². The van der Waals surface area contributed by atoms with Crippen LogP contribution in [0.25, 0.3) is 0 Å². The summed E-state index contributed by atoms with van der Waals surface area (Å²) in [4.78, 5) is 17.7. The number of nitrogens with zero attached hydrogens (tertiary/aromatic N) is 2. The number of anilines is 1. The maximum atomic E-state index is 13.5. The molecular weight excluding hydrogens is 348 g/mol. The van der Waals surface area contributed by atoms with Crippen molar-refractivity contribution in [2.24, 2.45) is 23.2 Å². The van der Waals surface area contributed by atoms with Gasteiger partial charge in [-0.15, -0.1) is 0 Å². The number of aromatic hydroxyl groups is 1. The van der Waals surface area contributed by atoms with E-state index in [1.165, 1.54) is 19.3 Å². The van der Waals surface area contributed by atoms with E-state index in [4.69, 9.17) is 11.6 Å². The Bertz CT molecular complexity index is 691. The van der Waals surface area contributed by atoms with Gasteiger partial charge in [0.05, 0.1) is 11.1 Å². The highest BCUT2D eigenvalue weighted by Gasteiger charge is 2.55. The van der Waals surface area contributed by atoms with Crippen molar-refractivity contribution in [3.63, 3.8) is 0 Å². The van der Waals surface area contributed by atoms with Gasteiger partial charge in [0.1, 0.15) is 5.75 Å². The number of carbonyl (C=O) groups is 1. The molecule has 0 radical (unpaired) electrons. The molecule has 1 saturated heterocycles. The molecule has 140 valence electrons. The fraction of sp³-hybridized carbons (Fsp3) is 0.667. The second kappa shape index (κ2) is 6.05. The number of benzene rings is 1. The average molecular weight is 375 g/mol. The average Bonchev–Trinajstić information content (AvgIpc) is 2.62. The number of piperazine rings is 1. The van der Waals surface area contributed by atoms with E-state index in [0.29, 0.717) is 10.9 Å². The molecule has 4 aliphatic carbocycles. The summed E-state index contributed by atoms with van der Waals surface area (Å²) in [5.41, 5.74) is 0.731. The van der Waals surface area contributed by atoms with E-state index in [-0.39, 0.29) is 11.2 Å². The van der Waals surface area contributed by atoms with E-state index in [1.807, 2.05) is 6.07 Å². The maximum Gasteiger partial charge on any atom is 0.228 e. The van der Waals surface area contributed by atoms with Crippen LogP contribution in [0.4, 0.5) is 5.69 Å². The van der Waals surface area contributed by atoms with Crippen LogP contribution in [-0.2, 0) is 4.79 Å². The summed E-state index contributed by atoms with van der Waals surface area (Å²) < 4.78 is 0. The molecule has 5 aliphatic rings. The Kier molecular flexibility index (Phi) is 3.89. The van der Waals surface area contributed by atoms with Gasteiger partial charge >= 0.3 is 0 Å². The first kappa shape index (κ1) is 16.7. The van der Waals surface area contributed by atoms with Crippen molar-refractivity contribution < 1.29 is 9.90 Å². The Morgan fingerprint density at radius 2 is 1.58 bits per heavy atom. The number of halogens is 1. The normalized spacial score (nSPS) is 35.8. The van der Waals surface area contributed by atoms with Crippen LogP contribution in [0.5, 0.6) is 5.75 Å². The van der Waals surface area contributed by atoms with Crippen LogP contribution < -0.4 is 4.90 Å². The van der Waals surface area contributed by atoms with Crippen molar-refractivity contribution in [1.82, 2.24) is 4.90 Å². The molecule has 1 heterocycles. The lowest BCUT2D eigenvalue weighted by Crippen LogP contribution is -2.58. The second-order valence-electron chi connectivity index (χ2n) is 9.11. The smallest absolute Gasteiger partial charge is 0.228 e. The number of phenols is 1. The van der Waals surface area contributed by atoms with Crippen LogP contribution in [0.1, 0.15) is 38.5 Å². The monoisotopic (exact) mass is 374 g/mol. The first-order valence-corrected chi connectivity index (χ1v) is 10.4. The van der Waals surface area contributed by atoms with E-state index in [9.17, 15) is 9.90 Å². The third kappa shape index (κ3) is 2.69. The zero-order valence-corrected chi connectivity index (χ0v) is 15.9. The lowest BCUT2D eigenvalue weighted by atomic mass is 9.49. The van der Waals surface area contributed by atoms with Crippen LogP contribution in [0.2, 0.25) is 5.02 Å². The summed E-state index contributed by atoms with van der Waals surface area (Å²) in [6, 6.07) is 5.16. The number of carbonyl (C=O) groups excluding carboxylic acids is 1. The lowest BCUT2D eigenvalue weighted by molar-refractivity contribution is -0.158. The van der Waals surface area contributed by atoms with Crippen molar-refractivity contribution in [2.75, 3.05) is 31.1 Å². The van der Waals surface area contributed by atoms with Gasteiger partial charge in [0.2, 0.25) is 5.91 Å². The van der Waals surface area contributed by atoms with Crippen molar-refractivity contribution in [2.45, 2.75) is 38.5 Å². The van der Waals surface area contributed by atoms with E-state index < -0.39 is 0 Å². The molecule has 0 atom stereocenters. The summed E-state index contributed by atoms with van der Waals surface area (Å²) in [5.74, 6) is 3.08. The van der Waals surface area contributed by atoms with Crippen LogP contribution in [0.15, 0.2) is 18.2 Å². The highest BCUT2D eigenvalue weighted by molar-refractivity contribution is 6.30. The molecule has 1 amide bonds. The van der Waals surface area contributed by atoms with Gasteiger partial charge < -0.3 is 14.9 Å². The predicted octanol–water partition coefficient (Wildman–Crippen LogP) is 3.91. The van der Waals surface area contributed by atoms with Crippen LogP contribution in [-0.4, -0.2) is 42.1 Å². The second-order valence-corrected chi connectivity index (χ2v) is 9.55. The third-order valence-electron chi connectivity index (χ3n) is 7.34. The highest BCUT2D eigenvalue weighted by atomic mass is 35.5. The molecule has 0 aromatic heterocycles. The van der Waals surface area contributed by atoms with Gasteiger partial charge in [0, 0.05) is 31.2 Å². The molecule has 5 heteroatoms. The third-order valence-corrected chi connectivity index (χ3v) is 7.57. The highest BCUT2D eigenvalue weighted by Crippen LogP contribution is 2.60. The molecule has 26 heavy (non-hydrogen) atoms. The van der Waals surface area contributed by atoms with Gasteiger partial charge in [0.25, 0.3) is 0 Å². The van der Waals surface area contributed by atoms with Crippen molar-refractivity contribution in [1.29, 1.82) is 0 Å². The molecule has 1 aliphatic heterocycles. The molecule has 4 nitrogen and oxygen atoms in total. The minimum absolute atomic E-state index is 0.0465. The van der Waals surface area contributed by atoms with E-state index in [1.54, 1.807) is 12.1 Å². The topological polar surface area (TPSA) is 43.8 Å². The first-order valence-electron chi connectivity index (χ1n) is 10.1. The van der Waals surface area contributed by atoms with Gasteiger partial charge in [-0.25, -0.2) is 0 Å². The first-order chi connectivity index (χ1) is 12.5. The lowest BCUT2D eigenvalue weighted by Gasteiger charge is -2.57. The minimum atomic E-state index is -0.0465. The zero-order chi connectivity index (χ0) is 17.9. The Labute approximate surface area is 160 Å². The maximum absolute atomic E-state index is 13.5. The van der Waals surface area contributed by atoms with Crippen molar-refractivity contribution in [3.05, 3.63) is 23.2 Å². The van der Waals surface area contributed by atoms with Crippen molar-refractivity contribution in [3.8, 4) is 5.75 Å².